The van der Waals surface area contributed by atoms with Crippen LogP contribution in [0.3, 0.4) is 0 Å². The molecule has 200 valence electrons. The van der Waals surface area contributed by atoms with Crippen LogP contribution < -0.4 is 10.1 Å². The van der Waals surface area contributed by atoms with E-state index in [0.29, 0.717) is 5.56 Å². The van der Waals surface area contributed by atoms with Gasteiger partial charge in [0.2, 0.25) is 11.7 Å². The first-order valence-electron chi connectivity index (χ1n) is 11.4. The van der Waals surface area contributed by atoms with Gasteiger partial charge in [-0.2, -0.15) is 13.2 Å². The van der Waals surface area contributed by atoms with Crippen molar-refractivity contribution in [3.8, 4) is 5.75 Å². The van der Waals surface area contributed by atoms with E-state index in [2.05, 4.69) is 16.9 Å². The normalized spacial score (nSPS) is 11.4. The molecule has 38 heavy (non-hydrogen) atoms. The summed E-state index contributed by atoms with van der Waals surface area (Å²) in [6.45, 7) is 5.02. The number of methoxy groups -OCH3 is 1. The van der Waals surface area contributed by atoms with Crippen molar-refractivity contribution in [2.75, 3.05) is 7.11 Å². The van der Waals surface area contributed by atoms with Gasteiger partial charge in [0.15, 0.2) is 11.6 Å². The summed E-state index contributed by atoms with van der Waals surface area (Å²) in [5.74, 6) is -3.12. The Hall–Kier alpha value is -4.41. The number of halogens is 4. The summed E-state index contributed by atoms with van der Waals surface area (Å²) in [7, 11) is 1.29. The van der Waals surface area contributed by atoms with Gasteiger partial charge in [-0.25, -0.2) is 9.37 Å². The van der Waals surface area contributed by atoms with E-state index < -0.39 is 29.4 Å². The van der Waals surface area contributed by atoms with Crippen LogP contribution in [-0.4, -0.2) is 33.4 Å². The van der Waals surface area contributed by atoms with Crippen LogP contribution in [0.15, 0.2) is 73.6 Å². The summed E-state index contributed by atoms with van der Waals surface area (Å²) < 4.78 is 61.1. The highest BCUT2D eigenvalue weighted by molar-refractivity contribution is 5.92. The van der Waals surface area contributed by atoms with Crippen molar-refractivity contribution in [1.82, 2.24) is 19.8 Å². The zero-order valence-electron chi connectivity index (χ0n) is 20.8. The summed E-state index contributed by atoms with van der Waals surface area (Å²) >= 11 is 0. The second kappa shape index (κ2) is 12.2. The number of carbonyl (C=O) groups is 2. The van der Waals surface area contributed by atoms with Gasteiger partial charge in [0.05, 0.1) is 13.7 Å². The molecule has 3 aromatic rings. The van der Waals surface area contributed by atoms with Crippen LogP contribution in [0.4, 0.5) is 17.6 Å². The largest absolute Gasteiger partial charge is 0.494 e. The Morgan fingerprint density at radius 2 is 1.84 bits per heavy atom. The molecular formula is C27H26F4N4O3. The molecule has 0 saturated heterocycles. The van der Waals surface area contributed by atoms with E-state index in [1.54, 1.807) is 43.5 Å². The number of amides is 2. The molecule has 0 bridgehead atoms. The summed E-state index contributed by atoms with van der Waals surface area (Å²) in [5.41, 5.74) is 0.932. The molecular weight excluding hydrogens is 504 g/mol. The van der Waals surface area contributed by atoms with Crippen molar-refractivity contribution in [3.63, 3.8) is 0 Å². The third-order valence-electron chi connectivity index (χ3n) is 5.48. The molecule has 2 amide bonds. The predicted molar refractivity (Wildman–Crippen MR) is 132 cm³/mol. The van der Waals surface area contributed by atoms with Crippen molar-refractivity contribution in [2.45, 2.75) is 32.7 Å². The highest BCUT2D eigenvalue weighted by Crippen LogP contribution is 2.29. The molecule has 0 radical (unpaired) electrons. The van der Waals surface area contributed by atoms with Gasteiger partial charge in [-0.15, -0.1) is 0 Å². The third-order valence-corrected chi connectivity index (χ3v) is 5.48. The molecule has 1 aromatic heterocycles. The fourth-order valence-electron chi connectivity index (χ4n) is 3.63. The summed E-state index contributed by atoms with van der Waals surface area (Å²) in [6, 6.07) is 11.0. The molecule has 0 fully saturated rings. The molecule has 0 spiro atoms. The number of benzene rings is 2. The van der Waals surface area contributed by atoms with Crippen molar-refractivity contribution in [2.24, 2.45) is 0 Å². The van der Waals surface area contributed by atoms with Gasteiger partial charge in [-0.3, -0.25) is 9.59 Å². The average molecular weight is 531 g/mol. The number of rotatable bonds is 10. The van der Waals surface area contributed by atoms with Crippen LogP contribution in [0.5, 0.6) is 5.75 Å². The molecule has 7 nitrogen and oxygen atoms in total. The van der Waals surface area contributed by atoms with Crippen LogP contribution in [0, 0.1) is 5.82 Å². The lowest BCUT2D eigenvalue weighted by molar-refractivity contribution is -0.147. The molecule has 11 heteroatoms. The molecule has 1 heterocycles. The minimum Gasteiger partial charge on any atom is -0.494 e. The number of allylic oxidation sites excluding steroid dienone is 1. The zero-order valence-corrected chi connectivity index (χ0v) is 20.8. The first kappa shape index (κ1) is 28.2. The van der Waals surface area contributed by atoms with E-state index in [1.165, 1.54) is 36.3 Å². The number of aromatic nitrogens is 2. The van der Waals surface area contributed by atoms with E-state index in [-0.39, 0.29) is 36.9 Å². The second-order valence-corrected chi connectivity index (χ2v) is 8.16. The van der Waals surface area contributed by atoms with Crippen LogP contribution >= 0.6 is 0 Å². The number of hydrogen-bond acceptors (Lipinski definition) is 4. The quantitative estimate of drug-likeness (QED) is 0.293. The Bertz CT molecular complexity index is 1330. The van der Waals surface area contributed by atoms with Gasteiger partial charge in [-0.05, 0) is 30.2 Å². The maximum atomic E-state index is 14.3. The van der Waals surface area contributed by atoms with Crippen LogP contribution in [0.25, 0.3) is 0 Å². The third kappa shape index (κ3) is 6.87. The lowest BCUT2D eigenvalue weighted by atomic mass is 10.1. The maximum Gasteiger partial charge on any atom is 0.449 e. The summed E-state index contributed by atoms with van der Waals surface area (Å²) in [5, 5.41) is 2.39. The number of imidazole rings is 1. The number of hydrogen-bond donors (Lipinski definition) is 1. The molecule has 0 aliphatic carbocycles. The molecule has 3 rings (SSSR count). The SMILES string of the molecule is C=CC(=O)N(/C=C\C)Cc1ccc(Cn2cc(C(=O)NCc3cccc(OC)c3F)nc2C(F)(F)F)cc1. The smallest absolute Gasteiger partial charge is 0.449 e. The monoisotopic (exact) mass is 530 g/mol. The second-order valence-electron chi connectivity index (χ2n) is 8.16. The number of alkyl halides is 3. The molecule has 0 atom stereocenters. The highest BCUT2D eigenvalue weighted by atomic mass is 19.4. The number of ether oxygens (including phenoxy) is 1. The Morgan fingerprint density at radius 1 is 1.16 bits per heavy atom. The molecule has 1 N–H and O–H groups in total. The average Bonchev–Trinajstić information content (AvgIpc) is 3.33. The van der Waals surface area contributed by atoms with E-state index in [0.717, 1.165) is 16.3 Å². The zero-order chi connectivity index (χ0) is 27.9. The van der Waals surface area contributed by atoms with Gasteiger partial charge in [0.1, 0.15) is 5.69 Å². The Morgan fingerprint density at radius 3 is 2.45 bits per heavy atom. The van der Waals surface area contributed by atoms with E-state index in [9.17, 15) is 27.2 Å². The molecule has 0 aliphatic rings. The van der Waals surface area contributed by atoms with Gasteiger partial charge in [-0.1, -0.05) is 49.1 Å². The van der Waals surface area contributed by atoms with Gasteiger partial charge >= 0.3 is 6.18 Å². The first-order chi connectivity index (χ1) is 18.1. The van der Waals surface area contributed by atoms with Gasteiger partial charge < -0.3 is 19.5 Å². The number of nitrogens with zero attached hydrogens (tertiary/aromatic N) is 3. The standard InChI is InChI=1S/C27H26F4N4O3/c1-4-13-34(23(36)5-2)15-18-9-11-19(12-10-18)16-35-17-21(33-26(35)27(29,30)31)25(37)32-14-20-7-6-8-22(38-3)24(20)28/h4-13,17H,2,14-16H2,1,3H3,(H,32,37)/b13-4-. The maximum absolute atomic E-state index is 14.3. The van der Waals surface area contributed by atoms with Gasteiger partial charge in [0, 0.05) is 31.0 Å². The Balaban J connectivity index is 1.76. The van der Waals surface area contributed by atoms with Crippen molar-refractivity contribution >= 4 is 11.8 Å². The Labute approximate surface area is 217 Å². The fraction of sp³-hybridized carbons (Fsp3) is 0.222. The van der Waals surface area contributed by atoms with Crippen molar-refractivity contribution in [1.29, 1.82) is 0 Å². The molecule has 0 unspecified atom stereocenters. The summed E-state index contributed by atoms with van der Waals surface area (Å²) in [6.07, 6.45) is 0.690. The highest BCUT2D eigenvalue weighted by Gasteiger charge is 2.37. The first-order valence-corrected chi connectivity index (χ1v) is 11.4. The minimum atomic E-state index is -4.81. The summed E-state index contributed by atoms with van der Waals surface area (Å²) in [4.78, 5) is 29.5. The molecule has 2 aromatic carbocycles. The minimum absolute atomic E-state index is 0.0201. The topological polar surface area (TPSA) is 76.5 Å². The van der Waals surface area contributed by atoms with Crippen LogP contribution in [-0.2, 0) is 30.6 Å². The Kier molecular flexibility index (Phi) is 9.06. The van der Waals surface area contributed by atoms with E-state index >= 15 is 0 Å². The predicted octanol–water partition coefficient (Wildman–Crippen LogP) is 5.08. The molecule has 0 aliphatic heterocycles. The lowest BCUT2D eigenvalue weighted by Gasteiger charge is -2.17. The molecule has 0 saturated carbocycles. The lowest BCUT2D eigenvalue weighted by Crippen LogP contribution is -2.24. The fourth-order valence-corrected chi connectivity index (χ4v) is 3.63. The number of carbonyl (C=O) groups excluding carboxylic acids is 2. The van der Waals surface area contributed by atoms with Crippen LogP contribution in [0.2, 0.25) is 0 Å². The van der Waals surface area contributed by atoms with E-state index in [1.807, 2.05) is 0 Å². The van der Waals surface area contributed by atoms with Crippen LogP contribution in [0.1, 0.15) is 39.9 Å². The van der Waals surface area contributed by atoms with Crippen molar-refractivity contribution in [3.05, 3.63) is 108 Å². The van der Waals surface area contributed by atoms with Crippen molar-refractivity contribution < 1.29 is 31.9 Å². The van der Waals surface area contributed by atoms with E-state index in [4.69, 9.17) is 4.74 Å². The van der Waals surface area contributed by atoms with Gasteiger partial charge in [0.25, 0.3) is 5.91 Å². The number of nitrogens with one attached hydrogen (secondary N) is 1.